The van der Waals surface area contributed by atoms with E-state index in [1.165, 1.54) is 11.6 Å². The lowest BCUT2D eigenvalue weighted by Crippen LogP contribution is -2.38. The van der Waals surface area contributed by atoms with Crippen molar-refractivity contribution in [1.82, 2.24) is 10.2 Å². The fraction of sp³-hybridized carbons (Fsp3) is 0.250. The lowest BCUT2D eigenvalue weighted by Gasteiger charge is -2.38. The number of anilines is 1. The molecule has 1 N–H and O–H groups in total. The molecule has 0 saturated carbocycles. The van der Waals surface area contributed by atoms with E-state index in [0.717, 1.165) is 23.5 Å². The number of carbonyl (C=O) groups is 1. The van der Waals surface area contributed by atoms with Crippen LogP contribution in [-0.2, 0) is 14.9 Å². The molecular formula is C20H16F3N3O5S2. The summed E-state index contributed by atoms with van der Waals surface area (Å²) in [6.45, 7) is 3.41. The zero-order valence-electron chi connectivity index (χ0n) is 17.1. The number of para-hydroxylation sites is 1. The summed E-state index contributed by atoms with van der Waals surface area (Å²) in [5.41, 5.74) is -4.04. The lowest BCUT2D eigenvalue weighted by molar-refractivity contribution is -0.124. The van der Waals surface area contributed by atoms with Crippen LogP contribution in [0.25, 0.3) is 0 Å². The second kappa shape index (κ2) is 7.99. The predicted molar refractivity (Wildman–Crippen MR) is 113 cm³/mol. The molecule has 2 aromatic carbocycles. The van der Waals surface area contributed by atoms with Crippen molar-refractivity contribution in [3.05, 3.63) is 59.1 Å². The molecular weight excluding hydrogens is 483 g/mol. The number of amides is 1. The first-order chi connectivity index (χ1) is 15.4. The highest BCUT2D eigenvalue weighted by molar-refractivity contribution is 7.88. The predicted octanol–water partition coefficient (Wildman–Crippen LogP) is 4.67. The quantitative estimate of drug-likeness (QED) is 0.402. The van der Waals surface area contributed by atoms with Gasteiger partial charge in [-0.1, -0.05) is 49.4 Å². The van der Waals surface area contributed by atoms with Gasteiger partial charge in [-0.2, -0.15) is 21.6 Å². The number of fused-ring (bicyclic) bond motifs is 2. The first-order valence-electron chi connectivity index (χ1n) is 9.39. The molecule has 0 saturated heterocycles. The number of nitrogens with zero attached hydrogens (tertiary/aromatic N) is 2. The summed E-state index contributed by atoms with van der Waals surface area (Å²) in [6, 6.07) is 10.4. The van der Waals surface area contributed by atoms with Crippen molar-refractivity contribution in [1.29, 1.82) is 0 Å². The van der Waals surface area contributed by atoms with Crippen molar-refractivity contribution in [2.75, 3.05) is 5.32 Å². The number of carbonyl (C=O) groups excluding carboxylic acids is 1. The standard InChI is InChI=1S/C20H16F3N3O5S2/c1-19(2,17(27)25-18-26-24-10-32-18)16-12-5-3-4-6-14(12)30-15-9-11(7-8-13(15)16)31-33(28,29)20(21,22)23/h3-10,16H,1-2H3,(H,25,26,27). The van der Waals surface area contributed by atoms with E-state index < -0.39 is 32.7 Å². The Bertz CT molecular complexity index is 1310. The largest absolute Gasteiger partial charge is 0.534 e. The Morgan fingerprint density at radius 2 is 1.82 bits per heavy atom. The minimum absolute atomic E-state index is 0.0744. The van der Waals surface area contributed by atoms with E-state index in [2.05, 4.69) is 19.7 Å². The van der Waals surface area contributed by atoms with Gasteiger partial charge in [0.2, 0.25) is 11.0 Å². The Hall–Kier alpha value is -3.19. The zero-order valence-corrected chi connectivity index (χ0v) is 18.7. The first-order valence-corrected chi connectivity index (χ1v) is 11.7. The van der Waals surface area contributed by atoms with Crippen LogP contribution in [0.5, 0.6) is 17.2 Å². The molecule has 0 bridgehead atoms. The normalized spacial score (nSPS) is 15.7. The summed E-state index contributed by atoms with van der Waals surface area (Å²) in [7, 11) is -5.85. The molecule has 13 heteroatoms. The highest BCUT2D eigenvalue weighted by atomic mass is 32.2. The van der Waals surface area contributed by atoms with Crippen LogP contribution >= 0.6 is 11.3 Å². The van der Waals surface area contributed by atoms with Crippen LogP contribution in [0.1, 0.15) is 30.9 Å². The molecule has 174 valence electrons. The lowest BCUT2D eigenvalue weighted by atomic mass is 9.69. The third kappa shape index (κ3) is 4.25. The molecule has 1 aromatic heterocycles. The SMILES string of the molecule is CC(C)(C(=O)Nc1nncs1)C1c2ccccc2Oc2cc(OS(=O)(=O)C(F)(F)F)ccc21. The van der Waals surface area contributed by atoms with Crippen molar-refractivity contribution in [2.45, 2.75) is 25.3 Å². The van der Waals surface area contributed by atoms with Gasteiger partial charge in [-0.05, 0) is 12.1 Å². The number of nitrogens with one attached hydrogen (secondary N) is 1. The van der Waals surface area contributed by atoms with Crippen LogP contribution < -0.4 is 14.2 Å². The number of aromatic nitrogens is 2. The van der Waals surface area contributed by atoms with Crippen molar-refractivity contribution in [3.8, 4) is 17.2 Å². The van der Waals surface area contributed by atoms with Gasteiger partial charge in [0.15, 0.2) is 0 Å². The molecule has 0 radical (unpaired) electrons. The van der Waals surface area contributed by atoms with Crippen molar-refractivity contribution in [3.63, 3.8) is 0 Å². The number of hydrogen-bond donors (Lipinski definition) is 1. The monoisotopic (exact) mass is 499 g/mol. The molecule has 0 spiro atoms. The molecule has 1 aliphatic heterocycles. The van der Waals surface area contributed by atoms with E-state index in [9.17, 15) is 26.4 Å². The molecule has 2 heterocycles. The number of rotatable bonds is 5. The smallest absolute Gasteiger partial charge is 0.457 e. The maximum absolute atomic E-state index is 13.2. The minimum Gasteiger partial charge on any atom is -0.457 e. The molecule has 0 aliphatic carbocycles. The van der Waals surface area contributed by atoms with Gasteiger partial charge in [0.1, 0.15) is 22.8 Å². The van der Waals surface area contributed by atoms with Crippen LogP contribution in [0.4, 0.5) is 18.3 Å². The van der Waals surface area contributed by atoms with E-state index >= 15 is 0 Å². The molecule has 1 amide bonds. The second-order valence-corrected chi connectivity index (χ2v) is 10.0. The fourth-order valence-electron chi connectivity index (χ4n) is 3.56. The molecule has 3 aromatic rings. The van der Waals surface area contributed by atoms with Crippen LogP contribution in [0.3, 0.4) is 0 Å². The number of ether oxygens (including phenoxy) is 1. The molecule has 33 heavy (non-hydrogen) atoms. The van der Waals surface area contributed by atoms with Crippen molar-refractivity contribution < 1.29 is 35.3 Å². The van der Waals surface area contributed by atoms with Crippen LogP contribution in [0.2, 0.25) is 0 Å². The summed E-state index contributed by atoms with van der Waals surface area (Å²) < 4.78 is 71.0. The third-order valence-electron chi connectivity index (χ3n) is 5.12. The molecule has 8 nitrogen and oxygen atoms in total. The van der Waals surface area contributed by atoms with Crippen molar-refractivity contribution in [2.24, 2.45) is 5.41 Å². The Morgan fingerprint density at radius 1 is 1.12 bits per heavy atom. The summed E-state index contributed by atoms with van der Waals surface area (Å²) in [5.74, 6) is -1.07. The van der Waals surface area contributed by atoms with Gasteiger partial charge >= 0.3 is 15.6 Å². The van der Waals surface area contributed by atoms with Crippen LogP contribution in [0.15, 0.2) is 48.0 Å². The van der Waals surface area contributed by atoms with Gasteiger partial charge in [-0.25, -0.2) is 0 Å². The summed E-state index contributed by atoms with van der Waals surface area (Å²) >= 11 is 1.15. The Morgan fingerprint density at radius 3 is 2.48 bits per heavy atom. The highest BCUT2D eigenvalue weighted by Crippen LogP contribution is 2.53. The third-order valence-corrected chi connectivity index (χ3v) is 6.71. The van der Waals surface area contributed by atoms with E-state index in [0.29, 0.717) is 22.0 Å². The minimum atomic E-state index is -5.85. The Labute approximate surface area is 190 Å². The zero-order chi connectivity index (χ0) is 24.0. The van der Waals surface area contributed by atoms with Gasteiger partial charge < -0.3 is 14.2 Å². The summed E-state index contributed by atoms with van der Waals surface area (Å²) in [5, 5.41) is 10.5. The Kier molecular flexibility index (Phi) is 5.56. The maximum Gasteiger partial charge on any atom is 0.534 e. The molecule has 1 unspecified atom stereocenters. The van der Waals surface area contributed by atoms with Crippen molar-refractivity contribution >= 4 is 32.5 Å². The number of alkyl halides is 3. The maximum atomic E-state index is 13.2. The fourth-order valence-corrected chi connectivity index (χ4v) is 4.45. The van der Waals surface area contributed by atoms with E-state index in [1.807, 2.05) is 0 Å². The summed E-state index contributed by atoms with van der Waals surface area (Å²) in [6.07, 6.45) is 0. The van der Waals surface area contributed by atoms with Crippen LogP contribution in [0, 0.1) is 5.41 Å². The number of benzene rings is 2. The van der Waals surface area contributed by atoms with Gasteiger partial charge in [0.05, 0.1) is 5.41 Å². The molecule has 1 aliphatic rings. The van der Waals surface area contributed by atoms with Crippen LogP contribution in [-0.4, -0.2) is 30.0 Å². The first kappa shape index (κ1) is 23.0. The van der Waals surface area contributed by atoms with Gasteiger partial charge in [0, 0.05) is 23.1 Å². The molecule has 1 atom stereocenters. The van der Waals surface area contributed by atoms with Gasteiger partial charge in [0.25, 0.3) is 0 Å². The number of hydrogen-bond acceptors (Lipinski definition) is 8. The average Bonchev–Trinajstić information content (AvgIpc) is 3.23. The molecule has 4 rings (SSSR count). The summed E-state index contributed by atoms with van der Waals surface area (Å²) in [4.78, 5) is 13.2. The van der Waals surface area contributed by atoms with Gasteiger partial charge in [-0.15, -0.1) is 10.2 Å². The highest BCUT2D eigenvalue weighted by Gasteiger charge is 2.49. The number of halogens is 3. The van der Waals surface area contributed by atoms with E-state index in [-0.39, 0.29) is 11.7 Å². The molecule has 0 fully saturated rings. The van der Waals surface area contributed by atoms with E-state index in [1.54, 1.807) is 38.1 Å². The Balaban J connectivity index is 1.76. The van der Waals surface area contributed by atoms with E-state index in [4.69, 9.17) is 4.74 Å². The average molecular weight is 499 g/mol. The topological polar surface area (TPSA) is 107 Å². The second-order valence-electron chi connectivity index (χ2n) is 7.68. The van der Waals surface area contributed by atoms with Gasteiger partial charge in [-0.3, -0.25) is 4.79 Å².